The number of H-pyrrole nitrogens is 1. The number of amides is 2. The van der Waals surface area contributed by atoms with Crippen LogP contribution in [-0.4, -0.2) is 75.7 Å². The predicted molar refractivity (Wildman–Crippen MR) is 138 cm³/mol. The number of imidazole rings is 2. The van der Waals surface area contributed by atoms with Gasteiger partial charge in [-0.1, -0.05) is 12.1 Å². The molecule has 0 atom stereocenters. The number of nitrogens with two attached hydrogens (primary N) is 1. The fourth-order valence-corrected chi connectivity index (χ4v) is 4.31. The molecule has 2 aromatic heterocycles. The Morgan fingerprint density at radius 2 is 2.00 bits per heavy atom. The van der Waals surface area contributed by atoms with Crippen molar-refractivity contribution < 1.29 is 19.1 Å². The van der Waals surface area contributed by atoms with Crippen LogP contribution in [0.2, 0.25) is 0 Å². The van der Waals surface area contributed by atoms with Crippen LogP contribution < -0.4 is 15.8 Å². The topological polar surface area (TPSA) is 140 Å². The average molecular weight is 504 g/mol. The molecule has 192 valence electrons. The van der Waals surface area contributed by atoms with Crippen LogP contribution in [0.4, 0.5) is 5.69 Å². The molecule has 2 amide bonds. The minimum absolute atomic E-state index is 0.0607. The minimum atomic E-state index is -0.791. The molecule has 0 spiro atoms. The Labute approximate surface area is 213 Å². The number of hydrogen-bond acceptors (Lipinski definition) is 7. The molecule has 1 fully saturated rings. The van der Waals surface area contributed by atoms with Crippen molar-refractivity contribution in [1.82, 2.24) is 24.4 Å². The number of aryl methyl sites for hydroxylation is 1. The summed E-state index contributed by atoms with van der Waals surface area (Å²) in [6, 6.07) is 12.9. The predicted octanol–water partition coefficient (Wildman–Crippen LogP) is 2.51. The number of ether oxygens (including phenoxy) is 2. The number of morpholine rings is 1. The van der Waals surface area contributed by atoms with Crippen LogP contribution in [0.1, 0.15) is 33.0 Å². The van der Waals surface area contributed by atoms with Gasteiger partial charge < -0.3 is 25.5 Å². The number of aromatic nitrogens is 4. The second-order valence-electron chi connectivity index (χ2n) is 8.84. The molecule has 0 radical (unpaired) electrons. The highest BCUT2D eigenvalue weighted by Crippen LogP contribution is 2.23. The van der Waals surface area contributed by atoms with Crippen LogP contribution in [0.3, 0.4) is 0 Å². The number of anilines is 1. The number of aromatic amines is 1. The summed E-state index contributed by atoms with van der Waals surface area (Å²) >= 11 is 0. The van der Waals surface area contributed by atoms with Crippen molar-refractivity contribution in [1.29, 1.82) is 0 Å². The monoisotopic (exact) mass is 503 g/mol. The standard InChI is InChI=1S/C26H29N7O4/c1-17-15-18(37-12-4-9-32-10-13-36-14-11-32)7-8-19(17)29-25(35)22-23(24(27)34)33(16-28-22)26-30-20-5-2-3-6-21(20)31-26/h2-3,5-8,15-16H,4,9-14H2,1H3,(H2,27,34)(H,29,35)(H,30,31). The third-order valence-corrected chi connectivity index (χ3v) is 6.26. The first-order valence-corrected chi connectivity index (χ1v) is 12.2. The van der Waals surface area contributed by atoms with Gasteiger partial charge in [-0.05, 0) is 49.2 Å². The second-order valence-corrected chi connectivity index (χ2v) is 8.84. The molecule has 11 heteroatoms. The van der Waals surface area contributed by atoms with E-state index in [1.165, 1.54) is 10.9 Å². The van der Waals surface area contributed by atoms with E-state index in [4.69, 9.17) is 15.2 Å². The van der Waals surface area contributed by atoms with Crippen LogP contribution in [0.5, 0.6) is 5.75 Å². The summed E-state index contributed by atoms with van der Waals surface area (Å²) < 4.78 is 12.7. The smallest absolute Gasteiger partial charge is 0.276 e. The normalized spacial score (nSPS) is 14.1. The molecule has 37 heavy (non-hydrogen) atoms. The van der Waals surface area contributed by atoms with E-state index in [-0.39, 0.29) is 11.4 Å². The zero-order valence-electron chi connectivity index (χ0n) is 20.6. The van der Waals surface area contributed by atoms with Crippen LogP contribution in [0, 0.1) is 6.92 Å². The highest BCUT2D eigenvalue weighted by Gasteiger charge is 2.24. The number of nitrogens with zero attached hydrogens (tertiary/aromatic N) is 4. The van der Waals surface area contributed by atoms with Crippen LogP contribution in [-0.2, 0) is 4.74 Å². The van der Waals surface area contributed by atoms with Crippen LogP contribution >= 0.6 is 0 Å². The zero-order chi connectivity index (χ0) is 25.8. The van der Waals surface area contributed by atoms with E-state index >= 15 is 0 Å². The fourth-order valence-electron chi connectivity index (χ4n) is 4.31. The van der Waals surface area contributed by atoms with Crippen molar-refractivity contribution in [3.63, 3.8) is 0 Å². The number of fused-ring (bicyclic) bond motifs is 1. The Hall–Kier alpha value is -4.22. The van der Waals surface area contributed by atoms with Gasteiger partial charge in [-0.2, -0.15) is 0 Å². The minimum Gasteiger partial charge on any atom is -0.494 e. The lowest BCUT2D eigenvalue weighted by Gasteiger charge is -2.26. The second kappa shape index (κ2) is 10.8. The highest BCUT2D eigenvalue weighted by molar-refractivity contribution is 6.10. The Kier molecular flexibility index (Phi) is 7.15. The summed E-state index contributed by atoms with van der Waals surface area (Å²) in [5, 5.41) is 2.82. The van der Waals surface area contributed by atoms with Gasteiger partial charge >= 0.3 is 0 Å². The molecule has 0 aliphatic carbocycles. The van der Waals surface area contributed by atoms with E-state index in [1.54, 1.807) is 12.1 Å². The fraction of sp³-hybridized carbons (Fsp3) is 0.308. The summed E-state index contributed by atoms with van der Waals surface area (Å²) in [6.45, 7) is 6.94. The summed E-state index contributed by atoms with van der Waals surface area (Å²) in [7, 11) is 0. The summed E-state index contributed by atoms with van der Waals surface area (Å²) in [4.78, 5) is 39.5. The lowest BCUT2D eigenvalue weighted by atomic mass is 10.2. The maximum atomic E-state index is 13.1. The van der Waals surface area contributed by atoms with Gasteiger partial charge in [0, 0.05) is 25.3 Å². The Morgan fingerprint density at radius 1 is 1.19 bits per heavy atom. The first-order valence-electron chi connectivity index (χ1n) is 12.2. The molecule has 4 aromatic rings. The molecule has 4 N–H and O–H groups in total. The Bertz CT molecular complexity index is 1390. The van der Waals surface area contributed by atoms with Crippen LogP contribution in [0.15, 0.2) is 48.8 Å². The van der Waals surface area contributed by atoms with Crippen LogP contribution in [0.25, 0.3) is 17.0 Å². The quantitative estimate of drug-likeness (QED) is 0.298. The van der Waals surface area contributed by atoms with Gasteiger partial charge in [0.15, 0.2) is 5.69 Å². The Morgan fingerprint density at radius 3 is 2.76 bits per heavy atom. The van der Waals surface area contributed by atoms with Crippen molar-refractivity contribution in [2.75, 3.05) is 44.8 Å². The number of nitrogens with one attached hydrogen (secondary N) is 2. The lowest BCUT2D eigenvalue weighted by molar-refractivity contribution is 0.0358. The van der Waals surface area contributed by atoms with Gasteiger partial charge in [0.25, 0.3) is 11.8 Å². The molecule has 0 saturated carbocycles. The molecule has 2 aromatic carbocycles. The van der Waals surface area contributed by atoms with Gasteiger partial charge in [0.1, 0.15) is 17.8 Å². The van der Waals surface area contributed by atoms with Crippen molar-refractivity contribution >= 4 is 28.5 Å². The SMILES string of the molecule is Cc1cc(OCCCN2CCOCC2)ccc1NC(=O)c1ncn(-c2nc3ccccc3[nH]2)c1C(N)=O. The highest BCUT2D eigenvalue weighted by atomic mass is 16.5. The van der Waals surface area contributed by atoms with E-state index in [0.717, 1.165) is 56.1 Å². The van der Waals surface area contributed by atoms with E-state index in [1.807, 2.05) is 37.3 Å². The number of carbonyl (C=O) groups is 2. The first kappa shape index (κ1) is 24.5. The maximum Gasteiger partial charge on any atom is 0.276 e. The lowest BCUT2D eigenvalue weighted by Crippen LogP contribution is -2.37. The molecule has 1 aliphatic rings. The molecule has 5 rings (SSSR count). The van der Waals surface area contributed by atoms with Gasteiger partial charge in [-0.25, -0.2) is 9.97 Å². The maximum absolute atomic E-state index is 13.1. The number of benzene rings is 2. The molecule has 3 heterocycles. The number of hydrogen-bond donors (Lipinski definition) is 3. The first-order chi connectivity index (χ1) is 18.0. The number of primary amides is 1. The van der Waals surface area contributed by atoms with E-state index in [2.05, 4.69) is 25.2 Å². The largest absolute Gasteiger partial charge is 0.494 e. The zero-order valence-corrected chi connectivity index (χ0v) is 20.6. The molecule has 0 unspecified atom stereocenters. The molecule has 11 nitrogen and oxygen atoms in total. The number of carbonyl (C=O) groups excluding carboxylic acids is 2. The van der Waals surface area contributed by atoms with Crippen molar-refractivity contribution in [3.05, 3.63) is 65.7 Å². The third-order valence-electron chi connectivity index (χ3n) is 6.26. The Balaban J connectivity index is 1.25. The van der Waals surface area contributed by atoms with Gasteiger partial charge in [0.05, 0.1) is 30.9 Å². The molecule has 1 saturated heterocycles. The molecule has 0 bridgehead atoms. The van der Waals surface area contributed by atoms with E-state index < -0.39 is 11.8 Å². The van der Waals surface area contributed by atoms with E-state index in [0.29, 0.717) is 23.8 Å². The van der Waals surface area contributed by atoms with Crippen molar-refractivity contribution in [2.24, 2.45) is 5.73 Å². The van der Waals surface area contributed by atoms with Gasteiger partial charge in [-0.3, -0.25) is 19.1 Å². The molecular formula is C26H29N7O4. The summed E-state index contributed by atoms with van der Waals surface area (Å²) in [5.74, 6) is -0.274. The van der Waals surface area contributed by atoms with Crippen molar-refractivity contribution in [3.8, 4) is 11.7 Å². The average Bonchev–Trinajstić information content (AvgIpc) is 3.53. The summed E-state index contributed by atoms with van der Waals surface area (Å²) in [5.41, 5.74) is 8.38. The third kappa shape index (κ3) is 5.47. The van der Waals surface area contributed by atoms with E-state index in [9.17, 15) is 9.59 Å². The number of para-hydroxylation sites is 2. The van der Waals surface area contributed by atoms with Gasteiger partial charge in [-0.15, -0.1) is 0 Å². The molecular weight excluding hydrogens is 474 g/mol. The van der Waals surface area contributed by atoms with Crippen molar-refractivity contribution in [2.45, 2.75) is 13.3 Å². The summed E-state index contributed by atoms with van der Waals surface area (Å²) in [6.07, 6.45) is 2.27. The number of rotatable bonds is 9. The molecule has 1 aliphatic heterocycles. The van der Waals surface area contributed by atoms with Gasteiger partial charge in [0.2, 0.25) is 5.95 Å².